The molecule has 6 nitrogen and oxygen atoms in total. The molecule has 1 aromatic heterocycles. The van der Waals surface area contributed by atoms with E-state index in [2.05, 4.69) is 0 Å². The molecule has 1 aliphatic heterocycles. The Morgan fingerprint density at radius 1 is 1.09 bits per heavy atom. The van der Waals surface area contributed by atoms with Crippen LogP contribution in [-0.4, -0.2) is 39.8 Å². The Labute approximate surface area is 209 Å². The second kappa shape index (κ2) is 9.72. The molecule has 3 aromatic carbocycles. The fourth-order valence-corrected chi connectivity index (χ4v) is 4.86. The largest absolute Gasteiger partial charge is 0.491 e. The molecule has 5 rings (SSSR count). The van der Waals surface area contributed by atoms with E-state index in [0.717, 1.165) is 33.7 Å². The number of hydrogen-bond donors (Lipinski definition) is 1. The normalized spacial score (nSPS) is 16.7. The molecule has 180 valence electrons. The van der Waals surface area contributed by atoms with Crippen LogP contribution in [0, 0.1) is 13.8 Å². The number of halogens is 1. The van der Waals surface area contributed by atoms with Crippen molar-refractivity contribution in [2.45, 2.75) is 38.8 Å². The van der Waals surface area contributed by atoms with Crippen LogP contribution in [0.15, 0.2) is 66.7 Å². The number of ether oxygens (including phenoxy) is 1. The number of rotatable bonds is 7. The lowest BCUT2D eigenvalue weighted by atomic mass is 10.1. The molecule has 0 bridgehead atoms. The standard InChI is InChI=1S/C28H28ClN3O3/c1-18-7-3-5-9-25(18)31-15-20(14-27(31)34)28-30-24-8-4-6-10-26(24)32(28)16-21(33)17-35-22-11-12-23(29)19(2)13-22/h3-13,20-21,33H,14-17H2,1-2H3/t20-,21-/m1/s1. The molecule has 0 aliphatic carbocycles. The number of benzene rings is 3. The van der Waals surface area contributed by atoms with Gasteiger partial charge in [0, 0.05) is 29.6 Å². The second-order valence-corrected chi connectivity index (χ2v) is 9.54. The van der Waals surface area contributed by atoms with Crippen molar-refractivity contribution >= 4 is 34.2 Å². The predicted octanol–water partition coefficient (Wildman–Crippen LogP) is 5.27. The first-order valence-corrected chi connectivity index (χ1v) is 12.2. The van der Waals surface area contributed by atoms with Gasteiger partial charge in [-0.05, 0) is 61.4 Å². The third-order valence-electron chi connectivity index (χ3n) is 6.55. The molecule has 1 saturated heterocycles. The fraction of sp³-hybridized carbons (Fsp3) is 0.286. The smallest absolute Gasteiger partial charge is 0.227 e. The van der Waals surface area contributed by atoms with Crippen molar-refractivity contribution < 1.29 is 14.6 Å². The zero-order valence-electron chi connectivity index (χ0n) is 19.8. The number of carbonyl (C=O) groups excluding carboxylic acids is 1. The minimum Gasteiger partial charge on any atom is -0.491 e. The van der Waals surface area contributed by atoms with E-state index in [0.29, 0.717) is 30.3 Å². The Hall–Kier alpha value is -3.35. The molecule has 1 amide bonds. The molecule has 4 aromatic rings. The third-order valence-corrected chi connectivity index (χ3v) is 6.97. The number of hydrogen-bond acceptors (Lipinski definition) is 4. The minimum atomic E-state index is -0.757. The van der Waals surface area contributed by atoms with Crippen LogP contribution in [0.4, 0.5) is 5.69 Å². The maximum absolute atomic E-state index is 13.0. The monoisotopic (exact) mass is 489 g/mol. The van der Waals surface area contributed by atoms with Gasteiger partial charge >= 0.3 is 0 Å². The van der Waals surface area contributed by atoms with Gasteiger partial charge in [0.15, 0.2) is 0 Å². The van der Waals surface area contributed by atoms with Crippen molar-refractivity contribution in [1.29, 1.82) is 0 Å². The number of amides is 1. The summed E-state index contributed by atoms with van der Waals surface area (Å²) in [6.07, 6.45) is -0.374. The third kappa shape index (κ3) is 4.77. The van der Waals surface area contributed by atoms with Crippen molar-refractivity contribution in [3.63, 3.8) is 0 Å². The number of nitrogens with zero attached hydrogens (tertiary/aromatic N) is 3. The molecule has 0 unspecified atom stereocenters. The van der Waals surface area contributed by atoms with Crippen molar-refractivity contribution in [3.8, 4) is 5.75 Å². The van der Waals surface area contributed by atoms with Crippen LogP contribution in [-0.2, 0) is 11.3 Å². The molecule has 1 N–H and O–H groups in total. The summed E-state index contributed by atoms with van der Waals surface area (Å²) in [6.45, 7) is 4.94. The molecule has 2 heterocycles. The summed E-state index contributed by atoms with van der Waals surface area (Å²) in [5.74, 6) is 1.50. The van der Waals surface area contributed by atoms with E-state index in [-0.39, 0.29) is 18.4 Å². The van der Waals surface area contributed by atoms with Crippen LogP contribution in [0.1, 0.15) is 29.3 Å². The van der Waals surface area contributed by atoms with E-state index in [9.17, 15) is 9.90 Å². The number of imidazole rings is 1. The van der Waals surface area contributed by atoms with Crippen molar-refractivity contribution in [2.24, 2.45) is 0 Å². The number of aryl methyl sites for hydroxylation is 2. The van der Waals surface area contributed by atoms with E-state index < -0.39 is 6.10 Å². The number of aromatic nitrogens is 2. The highest BCUT2D eigenvalue weighted by Gasteiger charge is 2.35. The van der Waals surface area contributed by atoms with Crippen LogP contribution >= 0.6 is 11.6 Å². The lowest BCUT2D eigenvalue weighted by Crippen LogP contribution is -2.27. The van der Waals surface area contributed by atoms with Gasteiger partial charge in [-0.2, -0.15) is 0 Å². The first-order chi connectivity index (χ1) is 16.9. The van der Waals surface area contributed by atoms with Gasteiger partial charge < -0.3 is 19.3 Å². The Kier molecular flexibility index (Phi) is 6.50. The van der Waals surface area contributed by atoms with E-state index >= 15 is 0 Å². The average Bonchev–Trinajstić information content (AvgIpc) is 3.41. The van der Waals surface area contributed by atoms with Crippen LogP contribution in [0.25, 0.3) is 11.0 Å². The molecule has 35 heavy (non-hydrogen) atoms. The van der Waals surface area contributed by atoms with Crippen molar-refractivity contribution in [2.75, 3.05) is 18.1 Å². The summed E-state index contributed by atoms with van der Waals surface area (Å²) in [6, 6.07) is 21.2. The predicted molar refractivity (Wildman–Crippen MR) is 138 cm³/mol. The van der Waals surface area contributed by atoms with E-state index in [4.69, 9.17) is 21.3 Å². The number of fused-ring (bicyclic) bond motifs is 1. The van der Waals surface area contributed by atoms with Gasteiger partial charge in [0.1, 0.15) is 24.3 Å². The van der Waals surface area contributed by atoms with Gasteiger partial charge in [0.2, 0.25) is 5.91 Å². The van der Waals surface area contributed by atoms with Crippen molar-refractivity contribution in [1.82, 2.24) is 9.55 Å². The first kappa shape index (κ1) is 23.4. The SMILES string of the molecule is Cc1cc(OC[C@H](O)Cn2c([C@@H]3CC(=O)N(c4ccccc4C)C3)nc3ccccc32)ccc1Cl. The lowest BCUT2D eigenvalue weighted by Gasteiger charge is -2.20. The summed E-state index contributed by atoms with van der Waals surface area (Å²) in [5, 5.41) is 11.6. The Morgan fingerprint density at radius 3 is 2.66 bits per heavy atom. The molecule has 1 aliphatic rings. The number of carbonyl (C=O) groups is 1. The molecule has 0 saturated carbocycles. The van der Waals surface area contributed by atoms with Crippen LogP contribution in [0.2, 0.25) is 5.02 Å². The first-order valence-electron chi connectivity index (χ1n) is 11.8. The summed E-state index contributed by atoms with van der Waals surface area (Å²) in [4.78, 5) is 19.7. The minimum absolute atomic E-state index is 0.0680. The zero-order chi connectivity index (χ0) is 24.5. The van der Waals surface area contributed by atoms with Gasteiger partial charge in [-0.15, -0.1) is 0 Å². The van der Waals surface area contributed by atoms with Crippen LogP contribution in [0.5, 0.6) is 5.75 Å². The van der Waals surface area contributed by atoms with Crippen LogP contribution in [0.3, 0.4) is 0 Å². The lowest BCUT2D eigenvalue weighted by molar-refractivity contribution is -0.117. The summed E-state index contributed by atoms with van der Waals surface area (Å²) in [5.41, 5.74) is 4.72. The second-order valence-electron chi connectivity index (χ2n) is 9.14. The molecule has 1 fully saturated rings. The van der Waals surface area contributed by atoms with Crippen LogP contribution < -0.4 is 9.64 Å². The summed E-state index contributed by atoms with van der Waals surface area (Å²) < 4.78 is 7.87. The molecular formula is C28H28ClN3O3. The Bertz CT molecular complexity index is 1380. The van der Waals surface area contributed by atoms with Gasteiger partial charge in [0.05, 0.1) is 17.6 Å². The number of aliphatic hydroxyl groups is 1. The number of para-hydroxylation sites is 3. The Balaban J connectivity index is 1.38. The van der Waals surface area contributed by atoms with Gasteiger partial charge in [-0.3, -0.25) is 4.79 Å². The zero-order valence-corrected chi connectivity index (χ0v) is 20.6. The van der Waals surface area contributed by atoms with Gasteiger partial charge in [-0.1, -0.05) is 41.9 Å². The topological polar surface area (TPSA) is 67.6 Å². The highest BCUT2D eigenvalue weighted by atomic mass is 35.5. The maximum Gasteiger partial charge on any atom is 0.227 e. The highest BCUT2D eigenvalue weighted by molar-refractivity contribution is 6.31. The number of anilines is 1. The van der Waals surface area contributed by atoms with E-state index in [1.54, 1.807) is 12.1 Å². The van der Waals surface area contributed by atoms with Crippen molar-refractivity contribution in [3.05, 3.63) is 88.7 Å². The molecule has 2 atom stereocenters. The van der Waals surface area contributed by atoms with Gasteiger partial charge in [0.25, 0.3) is 0 Å². The molecule has 7 heteroatoms. The molecular weight excluding hydrogens is 462 g/mol. The Morgan fingerprint density at radius 2 is 1.86 bits per heavy atom. The summed E-state index contributed by atoms with van der Waals surface area (Å²) in [7, 11) is 0. The van der Waals surface area contributed by atoms with Gasteiger partial charge in [-0.25, -0.2) is 4.98 Å². The quantitative estimate of drug-likeness (QED) is 0.384. The summed E-state index contributed by atoms with van der Waals surface area (Å²) >= 11 is 6.10. The molecule has 0 radical (unpaired) electrons. The molecule has 0 spiro atoms. The van der Waals surface area contributed by atoms with E-state index in [1.165, 1.54) is 0 Å². The maximum atomic E-state index is 13.0. The average molecular weight is 490 g/mol. The number of aliphatic hydroxyl groups excluding tert-OH is 1. The fourth-order valence-electron chi connectivity index (χ4n) is 4.74. The van der Waals surface area contributed by atoms with E-state index in [1.807, 2.05) is 77.9 Å². The highest BCUT2D eigenvalue weighted by Crippen LogP contribution is 2.34.